The van der Waals surface area contributed by atoms with Gasteiger partial charge in [-0.3, -0.25) is 4.79 Å². The highest BCUT2D eigenvalue weighted by molar-refractivity contribution is 9.10. The molecule has 0 saturated heterocycles. The Labute approximate surface area is 159 Å². The molecule has 2 heterocycles. The minimum atomic E-state index is -0.646. The molecule has 3 aromatic rings. The summed E-state index contributed by atoms with van der Waals surface area (Å²) in [7, 11) is 1.44. The van der Waals surface area contributed by atoms with Crippen molar-refractivity contribution in [2.45, 2.75) is 6.61 Å². The summed E-state index contributed by atoms with van der Waals surface area (Å²) in [6, 6.07) is 4.28. The van der Waals surface area contributed by atoms with Gasteiger partial charge in [0.05, 0.1) is 17.3 Å². The summed E-state index contributed by atoms with van der Waals surface area (Å²) < 4.78 is 24.1. The van der Waals surface area contributed by atoms with Gasteiger partial charge in [0.25, 0.3) is 5.91 Å². The number of hydrogen-bond acceptors (Lipinski definition) is 9. The Kier molecular flexibility index (Phi) is 5.52. The van der Waals surface area contributed by atoms with E-state index >= 15 is 0 Å². The number of nitrogens with zero attached hydrogens (tertiary/aromatic N) is 6. The van der Waals surface area contributed by atoms with E-state index in [0.29, 0.717) is 5.56 Å². The topological polar surface area (TPSA) is 146 Å². The van der Waals surface area contributed by atoms with Gasteiger partial charge < -0.3 is 10.5 Å². The maximum Gasteiger partial charge on any atom is 0.292 e. The number of rotatable bonds is 6. The molecule has 0 aliphatic rings. The number of nitrogen functional groups attached to an aromatic ring is 1. The molecule has 2 aromatic heterocycles. The Morgan fingerprint density at radius 2 is 2.33 bits per heavy atom. The summed E-state index contributed by atoms with van der Waals surface area (Å²) >= 11 is 3.07. The van der Waals surface area contributed by atoms with Gasteiger partial charge in [-0.05, 0) is 43.9 Å². The highest BCUT2D eigenvalue weighted by Crippen LogP contribution is 2.17. The number of carbonyl (C=O) groups is 1. The molecule has 0 atom stereocenters. The van der Waals surface area contributed by atoms with Gasteiger partial charge in [-0.15, -0.1) is 5.10 Å². The third-order valence-electron chi connectivity index (χ3n) is 3.26. The Morgan fingerprint density at radius 1 is 1.52 bits per heavy atom. The van der Waals surface area contributed by atoms with Crippen LogP contribution in [0, 0.1) is 5.82 Å². The van der Waals surface area contributed by atoms with E-state index in [0.717, 1.165) is 4.68 Å². The molecule has 0 saturated carbocycles. The second-order valence-corrected chi connectivity index (χ2v) is 5.93. The number of carbonyl (C=O) groups excluding carboxylic acids is 1. The van der Waals surface area contributed by atoms with Crippen molar-refractivity contribution in [3.05, 3.63) is 45.4 Å². The van der Waals surface area contributed by atoms with Crippen molar-refractivity contribution in [2.75, 3.05) is 12.8 Å². The van der Waals surface area contributed by atoms with Crippen LogP contribution < -0.4 is 11.2 Å². The summed E-state index contributed by atoms with van der Waals surface area (Å²) in [6.45, 7) is 0.0164. The summed E-state index contributed by atoms with van der Waals surface area (Å²) in [6.07, 6.45) is 1.35. The number of amides is 1. The van der Waals surface area contributed by atoms with Crippen molar-refractivity contribution < 1.29 is 18.6 Å². The number of aromatic nitrogens is 5. The molecule has 1 amide bonds. The van der Waals surface area contributed by atoms with Crippen LogP contribution in [0.1, 0.15) is 21.7 Å². The fourth-order valence-electron chi connectivity index (χ4n) is 2.07. The lowest BCUT2D eigenvalue weighted by atomic mass is 10.2. The molecule has 0 aliphatic heterocycles. The zero-order valence-electron chi connectivity index (χ0n) is 13.8. The van der Waals surface area contributed by atoms with Crippen LogP contribution in [0.25, 0.3) is 5.82 Å². The number of halogens is 2. The lowest BCUT2D eigenvalue weighted by molar-refractivity contribution is 0.0942. The molecule has 0 radical (unpaired) electrons. The van der Waals surface area contributed by atoms with E-state index in [1.54, 1.807) is 0 Å². The number of nitrogens with one attached hydrogen (secondary N) is 1. The van der Waals surface area contributed by atoms with Gasteiger partial charge in [-0.2, -0.15) is 9.78 Å². The van der Waals surface area contributed by atoms with Crippen molar-refractivity contribution >= 4 is 33.9 Å². The highest BCUT2D eigenvalue weighted by atomic mass is 79.9. The van der Waals surface area contributed by atoms with Crippen molar-refractivity contribution in [3.8, 4) is 5.82 Å². The number of benzene rings is 1. The molecule has 3 N–H and O–H groups in total. The smallest absolute Gasteiger partial charge is 0.292 e. The maximum absolute atomic E-state index is 13.2. The fourth-order valence-corrected chi connectivity index (χ4v) is 2.47. The number of hydrazone groups is 1. The minimum Gasteiger partial charge on any atom is -0.378 e. The number of hydrogen-bond donors (Lipinski definition) is 2. The Hall–Kier alpha value is -3.19. The molecule has 11 nitrogen and oxygen atoms in total. The van der Waals surface area contributed by atoms with E-state index in [1.165, 1.54) is 31.5 Å². The van der Waals surface area contributed by atoms with E-state index in [4.69, 9.17) is 10.5 Å². The number of methoxy groups -OCH3 is 1. The molecular formula is C14H12BrFN8O3. The van der Waals surface area contributed by atoms with Gasteiger partial charge in [0.1, 0.15) is 11.5 Å². The van der Waals surface area contributed by atoms with Gasteiger partial charge in [-0.1, -0.05) is 11.3 Å². The predicted octanol–water partition coefficient (Wildman–Crippen LogP) is 1.04. The van der Waals surface area contributed by atoms with Gasteiger partial charge >= 0.3 is 0 Å². The SMILES string of the molecule is COCc1nnn(-c2nonc2N)c1C(=O)N/N=C\c1ccc(F)c(Br)c1. The summed E-state index contributed by atoms with van der Waals surface area (Å²) in [5.74, 6) is -1.12. The number of ether oxygens (including phenoxy) is 1. The average Bonchev–Trinajstić information content (AvgIpc) is 3.24. The second-order valence-electron chi connectivity index (χ2n) is 5.08. The highest BCUT2D eigenvalue weighted by Gasteiger charge is 2.24. The van der Waals surface area contributed by atoms with Crippen molar-refractivity contribution in [2.24, 2.45) is 5.10 Å². The molecule has 0 fully saturated rings. The third-order valence-corrected chi connectivity index (χ3v) is 3.86. The normalized spacial score (nSPS) is 11.2. The Morgan fingerprint density at radius 3 is 3.00 bits per heavy atom. The first-order chi connectivity index (χ1) is 13.0. The van der Waals surface area contributed by atoms with E-state index in [-0.39, 0.29) is 34.1 Å². The molecule has 3 rings (SSSR count). The van der Waals surface area contributed by atoms with Crippen LogP contribution in [-0.4, -0.2) is 44.5 Å². The minimum absolute atomic E-state index is 0.00134. The van der Waals surface area contributed by atoms with Crippen molar-refractivity contribution in [3.63, 3.8) is 0 Å². The van der Waals surface area contributed by atoms with Gasteiger partial charge in [0, 0.05) is 7.11 Å². The van der Waals surface area contributed by atoms with Crippen LogP contribution in [0.15, 0.2) is 32.4 Å². The lowest BCUT2D eigenvalue weighted by Gasteiger charge is -2.04. The standard InChI is InChI=1S/C14H12BrFN8O3/c1-26-6-10-11(24(23-19-10)13-12(17)21-27-22-13)14(25)20-18-5-7-2-3-9(16)8(15)4-7/h2-5H,6H2,1H3,(H2,17,21)(H,20,25)/b18-5-. The molecule has 1 aromatic carbocycles. The van der Waals surface area contributed by atoms with E-state index < -0.39 is 11.7 Å². The van der Waals surface area contributed by atoms with E-state index in [2.05, 4.69) is 51.7 Å². The van der Waals surface area contributed by atoms with Crippen LogP contribution in [0.5, 0.6) is 0 Å². The molecule has 140 valence electrons. The van der Waals surface area contributed by atoms with Crippen LogP contribution in [-0.2, 0) is 11.3 Å². The zero-order valence-corrected chi connectivity index (χ0v) is 15.3. The van der Waals surface area contributed by atoms with Crippen LogP contribution in [0.2, 0.25) is 0 Å². The van der Waals surface area contributed by atoms with Crippen molar-refractivity contribution in [1.29, 1.82) is 0 Å². The first-order valence-electron chi connectivity index (χ1n) is 7.31. The Bertz CT molecular complexity index is 1000. The monoisotopic (exact) mass is 438 g/mol. The average molecular weight is 439 g/mol. The molecule has 27 heavy (non-hydrogen) atoms. The molecule has 0 aliphatic carbocycles. The fraction of sp³-hybridized carbons (Fsp3) is 0.143. The summed E-state index contributed by atoms with van der Waals surface area (Å²) in [5, 5.41) is 18.6. The van der Waals surface area contributed by atoms with Crippen molar-refractivity contribution in [1.82, 2.24) is 30.7 Å². The largest absolute Gasteiger partial charge is 0.378 e. The number of anilines is 1. The molecule has 0 unspecified atom stereocenters. The van der Waals surface area contributed by atoms with E-state index in [9.17, 15) is 9.18 Å². The molecule has 0 bridgehead atoms. The molecule has 13 heteroatoms. The van der Waals surface area contributed by atoms with E-state index in [1.807, 2.05) is 0 Å². The van der Waals surface area contributed by atoms with Crippen LogP contribution in [0.3, 0.4) is 0 Å². The quantitative estimate of drug-likeness (QED) is 0.428. The predicted molar refractivity (Wildman–Crippen MR) is 93.5 cm³/mol. The van der Waals surface area contributed by atoms with Gasteiger partial charge in [-0.25, -0.2) is 14.4 Å². The van der Waals surface area contributed by atoms with Crippen LogP contribution in [0.4, 0.5) is 10.2 Å². The number of nitrogens with two attached hydrogens (primary N) is 1. The second kappa shape index (κ2) is 8.01. The first kappa shape index (κ1) is 18.6. The first-order valence-corrected chi connectivity index (χ1v) is 8.11. The summed E-state index contributed by atoms with van der Waals surface area (Å²) in [4.78, 5) is 12.6. The zero-order chi connectivity index (χ0) is 19.4. The summed E-state index contributed by atoms with van der Waals surface area (Å²) in [5.41, 5.74) is 8.77. The maximum atomic E-state index is 13.2. The molecule has 0 spiro atoms. The van der Waals surface area contributed by atoms with Gasteiger partial charge in [0.15, 0.2) is 5.69 Å². The van der Waals surface area contributed by atoms with Gasteiger partial charge in [0.2, 0.25) is 11.6 Å². The Balaban J connectivity index is 1.85. The third kappa shape index (κ3) is 3.98. The molecular weight excluding hydrogens is 427 g/mol. The van der Waals surface area contributed by atoms with Crippen LogP contribution >= 0.6 is 15.9 Å². The lowest BCUT2D eigenvalue weighted by Crippen LogP contribution is -2.23.